The zero-order valence-corrected chi connectivity index (χ0v) is 13.7. The molecule has 2 rings (SSSR count). The number of fused-ring (bicyclic) bond motifs is 1. The van der Waals surface area contributed by atoms with E-state index in [9.17, 15) is 15.0 Å². The van der Waals surface area contributed by atoms with Crippen molar-refractivity contribution >= 4 is 40.7 Å². The van der Waals surface area contributed by atoms with E-state index in [0.717, 1.165) is 0 Å². The Morgan fingerprint density at radius 1 is 1.26 bits per heavy atom. The Balaban J connectivity index is 2.35. The van der Waals surface area contributed by atoms with Gasteiger partial charge in [-0.05, 0) is 0 Å². The normalized spacial score (nSPS) is 16.2. The number of nitrogens with zero attached hydrogens (tertiary/aromatic N) is 3. The lowest BCUT2D eigenvalue weighted by Crippen LogP contribution is -2.40. The van der Waals surface area contributed by atoms with Gasteiger partial charge in [-0.2, -0.15) is 4.98 Å². The third-order valence-electron chi connectivity index (χ3n) is 3.36. The summed E-state index contributed by atoms with van der Waals surface area (Å²) < 4.78 is 0. The second-order valence-electron chi connectivity index (χ2n) is 5.13. The molecule has 1 aliphatic rings. The molecule has 2 atom stereocenters. The highest BCUT2D eigenvalue weighted by Crippen LogP contribution is 2.32. The van der Waals surface area contributed by atoms with Crippen molar-refractivity contribution in [2.24, 2.45) is 0 Å². The summed E-state index contributed by atoms with van der Waals surface area (Å²) in [5.41, 5.74) is 5.35. The lowest BCUT2D eigenvalue weighted by molar-refractivity contribution is 0.219. The van der Waals surface area contributed by atoms with Gasteiger partial charge in [-0.3, -0.25) is 9.78 Å². The van der Waals surface area contributed by atoms with Gasteiger partial charge in [0.15, 0.2) is 5.82 Å². The number of anilines is 3. The predicted molar refractivity (Wildman–Crippen MR) is 90.8 cm³/mol. The van der Waals surface area contributed by atoms with Gasteiger partial charge in [-0.1, -0.05) is 36.4 Å². The number of hydrogen-bond donors (Lipinski definition) is 4. The summed E-state index contributed by atoms with van der Waals surface area (Å²) in [6.45, 7) is 7.24. The molecule has 0 radical (unpaired) electrons. The topological polar surface area (TPSA) is 119 Å². The minimum absolute atomic E-state index is 0.0401. The molecule has 5 N–H and O–H groups in total. The van der Waals surface area contributed by atoms with Crippen molar-refractivity contribution in [2.45, 2.75) is 12.2 Å². The first kappa shape index (κ1) is 17.6. The summed E-state index contributed by atoms with van der Waals surface area (Å²) >= 11 is 11.4. The number of aromatic amines is 1. The van der Waals surface area contributed by atoms with Gasteiger partial charge in [0.25, 0.3) is 5.56 Å². The van der Waals surface area contributed by atoms with Crippen LogP contribution >= 0.6 is 23.2 Å². The number of halogens is 2. The van der Waals surface area contributed by atoms with E-state index in [1.54, 1.807) is 9.80 Å². The van der Waals surface area contributed by atoms with Crippen molar-refractivity contribution in [3.8, 4) is 0 Å². The smallest absolute Gasteiger partial charge is 0.278 e. The molecule has 0 bridgehead atoms. The summed E-state index contributed by atoms with van der Waals surface area (Å²) in [6, 6.07) is 0. The number of rotatable bonds is 6. The van der Waals surface area contributed by atoms with Crippen LogP contribution in [0.2, 0.25) is 0 Å². The molecule has 23 heavy (non-hydrogen) atoms. The van der Waals surface area contributed by atoms with E-state index in [1.807, 2.05) is 0 Å². The van der Waals surface area contributed by atoms with Crippen LogP contribution in [0.4, 0.5) is 17.5 Å². The van der Waals surface area contributed by atoms with E-state index in [1.165, 1.54) is 0 Å². The lowest BCUT2D eigenvalue weighted by atomic mass is 10.3. The quantitative estimate of drug-likeness (QED) is 0.569. The van der Waals surface area contributed by atoms with Crippen LogP contribution in [0.25, 0.3) is 0 Å². The van der Waals surface area contributed by atoms with Gasteiger partial charge in [0.2, 0.25) is 5.95 Å². The second kappa shape index (κ2) is 6.79. The highest BCUT2D eigenvalue weighted by molar-refractivity contribution is 6.30. The summed E-state index contributed by atoms with van der Waals surface area (Å²) in [4.78, 5) is 21.9. The van der Waals surface area contributed by atoms with Crippen molar-refractivity contribution < 1.29 is 10.2 Å². The maximum atomic E-state index is 12.2. The number of aliphatic hydroxyl groups is 2. The standard InChI is InChI=1S/C13H17Cl2N5O3/c1-6(14)8(21)3-19-5-20(4-9(22)7(2)15)11-10(19)12(23)18-13(16)17-11/h8-9,21-22H,1-5H2,(H3,16,17,18,23). The van der Waals surface area contributed by atoms with Crippen LogP contribution < -0.4 is 21.1 Å². The van der Waals surface area contributed by atoms with Crippen molar-refractivity contribution in [3.63, 3.8) is 0 Å². The first-order valence-corrected chi connectivity index (χ1v) is 7.40. The first-order valence-electron chi connectivity index (χ1n) is 6.65. The number of H-pyrrole nitrogens is 1. The molecule has 0 saturated heterocycles. The minimum Gasteiger partial charge on any atom is -0.386 e. The molecule has 8 nitrogen and oxygen atoms in total. The van der Waals surface area contributed by atoms with Crippen LogP contribution in [0, 0.1) is 0 Å². The minimum atomic E-state index is -1.03. The molecule has 0 saturated carbocycles. The van der Waals surface area contributed by atoms with Crippen LogP contribution in [0.3, 0.4) is 0 Å². The van der Waals surface area contributed by atoms with Crippen LogP contribution in [-0.4, -0.2) is 52.1 Å². The van der Waals surface area contributed by atoms with E-state index in [2.05, 4.69) is 23.1 Å². The fourth-order valence-corrected chi connectivity index (χ4v) is 2.37. The Morgan fingerprint density at radius 3 is 2.30 bits per heavy atom. The maximum Gasteiger partial charge on any atom is 0.278 e. The fourth-order valence-electron chi connectivity index (χ4n) is 2.23. The zero-order chi connectivity index (χ0) is 17.3. The van der Waals surface area contributed by atoms with Gasteiger partial charge in [-0.25, -0.2) is 0 Å². The second-order valence-corrected chi connectivity index (χ2v) is 6.11. The largest absolute Gasteiger partial charge is 0.386 e. The Morgan fingerprint density at radius 2 is 1.78 bits per heavy atom. The number of β-amino-alcohol motifs (C(OH)–C–C–N with tert-alkyl or cyclic N) is 2. The molecule has 0 aliphatic carbocycles. The SMILES string of the molecule is C=C(Cl)C(O)CN1CN(CC(O)C(=C)Cl)c2c1nc(N)[nH]c2=O. The van der Waals surface area contributed by atoms with Gasteiger partial charge < -0.3 is 25.7 Å². The highest BCUT2D eigenvalue weighted by atomic mass is 35.5. The maximum absolute atomic E-state index is 12.2. The van der Waals surface area contributed by atoms with E-state index in [4.69, 9.17) is 28.9 Å². The molecule has 0 fully saturated rings. The number of nitrogens with one attached hydrogen (secondary N) is 1. The van der Waals surface area contributed by atoms with Crippen LogP contribution in [-0.2, 0) is 0 Å². The van der Waals surface area contributed by atoms with Crippen molar-refractivity contribution in [3.05, 3.63) is 33.6 Å². The molecule has 0 amide bonds. The molecular formula is C13H17Cl2N5O3. The number of aromatic nitrogens is 2. The molecule has 1 aromatic rings. The van der Waals surface area contributed by atoms with Crippen molar-refractivity contribution in [1.29, 1.82) is 0 Å². The molecule has 10 heteroatoms. The number of nitrogens with two attached hydrogens (primary N) is 1. The summed E-state index contributed by atoms with van der Waals surface area (Å²) in [6.07, 6.45) is -2.05. The van der Waals surface area contributed by atoms with Crippen molar-refractivity contribution in [2.75, 3.05) is 35.3 Å². The molecule has 1 aromatic heterocycles. The zero-order valence-electron chi connectivity index (χ0n) is 12.2. The van der Waals surface area contributed by atoms with Gasteiger partial charge >= 0.3 is 0 Å². The summed E-state index contributed by atoms with van der Waals surface area (Å²) in [5, 5.41) is 19.9. The van der Waals surface area contributed by atoms with E-state index < -0.39 is 17.8 Å². The van der Waals surface area contributed by atoms with Gasteiger partial charge in [-0.15, -0.1) is 0 Å². The van der Waals surface area contributed by atoms with Gasteiger partial charge in [0, 0.05) is 10.1 Å². The fraction of sp³-hybridized carbons (Fsp3) is 0.385. The third-order valence-corrected chi connectivity index (χ3v) is 3.87. The molecule has 0 spiro atoms. The Kier molecular flexibility index (Phi) is 5.20. The number of nitrogen functional groups attached to an aromatic ring is 1. The van der Waals surface area contributed by atoms with E-state index >= 15 is 0 Å². The first-order chi connectivity index (χ1) is 10.7. The molecule has 2 unspecified atom stereocenters. The average molecular weight is 362 g/mol. The van der Waals surface area contributed by atoms with Gasteiger partial charge in [0.1, 0.15) is 17.9 Å². The molecule has 2 heterocycles. The van der Waals surface area contributed by atoms with Crippen molar-refractivity contribution in [1.82, 2.24) is 9.97 Å². The third kappa shape index (κ3) is 3.78. The Labute approximate surface area is 142 Å². The highest BCUT2D eigenvalue weighted by Gasteiger charge is 2.33. The summed E-state index contributed by atoms with van der Waals surface area (Å²) in [7, 11) is 0. The van der Waals surface area contributed by atoms with Crippen LogP contribution in [0.5, 0.6) is 0 Å². The average Bonchev–Trinajstić information content (AvgIpc) is 2.76. The monoisotopic (exact) mass is 361 g/mol. The molecule has 126 valence electrons. The van der Waals surface area contributed by atoms with E-state index in [-0.39, 0.29) is 47.3 Å². The molecule has 0 aromatic carbocycles. The Hall–Kier alpha value is -1.74. The van der Waals surface area contributed by atoms with E-state index in [0.29, 0.717) is 0 Å². The van der Waals surface area contributed by atoms with Crippen LogP contribution in [0.1, 0.15) is 0 Å². The molecule has 1 aliphatic heterocycles. The number of aliphatic hydroxyl groups excluding tert-OH is 2. The Bertz CT molecular complexity index is 693. The van der Waals surface area contributed by atoms with Gasteiger partial charge in [0.05, 0.1) is 19.8 Å². The number of hydrogen-bond acceptors (Lipinski definition) is 7. The summed E-state index contributed by atoms with van der Waals surface area (Å²) in [5.74, 6) is 0.234. The lowest BCUT2D eigenvalue weighted by Gasteiger charge is -2.24. The molecular weight excluding hydrogens is 345 g/mol. The van der Waals surface area contributed by atoms with Crippen LogP contribution in [0.15, 0.2) is 28.0 Å². The predicted octanol–water partition coefficient (Wildman–Crippen LogP) is 0.163.